The number of nitrogens with one attached hydrogen (secondary N) is 2. The first-order valence-corrected chi connectivity index (χ1v) is 7.93. The normalized spacial score (nSPS) is 13.3. The number of carbonyl (C=O) groups excluding carboxylic acids is 1. The molecule has 0 aliphatic heterocycles. The minimum absolute atomic E-state index is 0.0410. The van der Waals surface area contributed by atoms with Crippen LogP contribution in [0.4, 0.5) is 0 Å². The smallest absolute Gasteiger partial charge is 0.221 e. The second-order valence-electron chi connectivity index (χ2n) is 3.72. The van der Waals surface area contributed by atoms with Gasteiger partial charge in [-0.3, -0.25) is 4.79 Å². The lowest BCUT2D eigenvalue weighted by Crippen LogP contribution is -2.31. The highest BCUT2D eigenvalue weighted by atomic mass is 32.2. The summed E-state index contributed by atoms with van der Waals surface area (Å²) in [5.41, 5.74) is 0. The second-order valence-corrected chi connectivity index (χ2v) is 6.53. The molecule has 1 heterocycles. The maximum absolute atomic E-state index is 11.5. The molecule has 2 N–H and O–H groups in total. The van der Waals surface area contributed by atoms with E-state index in [-0.39, 0.29) is 24.9 Å². The molecule has 0 fully saturated rings. The minimum atomic E-state index is -3.22. The summed E-state index contributed by atoms with van der Waals surface area (Å²) in [6.07, 6.45) is 1.21. The Kier molecular flexibility index (Phi) is 5.10. The van der Waals surface area contributed by atoms with Crippen molar-refractivity contribution in [1.82, 2.24) is 10.0 Å². The summed E-state index contributed by atoms with van der Waals surface area (Å²) in [4.78, 5) is 12.6. The molecule has 0 aromatic carbocycles. The van der Waals surface area contributed by atoms with Crippen LogP contribution in [0, 0.1) is 0 Å². The van der Waals surface area contributed by atoms with Crippen molar-refractivity contribution < 1.29 is 13.2 Å². The maximum atomic E-state index is 11.5. The fraction of sp³-hybridized carbons (Fsp3) is 0.500. The molecule has 1 atom stereocenters. The van der Waals surface area contributed by atoms with E-state index in [0.29, 0.717) is 0 Å². The standard InChI is InChI=1S/C10H16N2O3S2/c1-8(9-4-3-7-16-9)12-10(13)5-6-11-17(2,14)15/h3-4,7-8,11H,5-6H2,1-2H3,(H,12,13)/t8-/m1/s1. The summed E-state index contributed by atoms with van der Waals surface area (Å²) in [5, 5.41) is 4.75. The van der Waals surface area contributed by atoms with E-state index in [0.717, 1.165) is 11.1 Å². The first-order chi connectivity index (χ1) is 7.88. The first-order valence-electron chi connectivity index (χ1n) is 5.16. The lowest BCUT2D eigenvalue weighted by molar-refractivity contribution is -0.121. The van der Waals surface area contributed by atoms with E-state index in [1.165, 1.54) is 0 Å². The van der Waals surface area contributed by atoms with Crippen LogP contribution in [-0.2, 0) is 14.8 Å². The highest BCUT2D eigenvalue weighted by molar-refractivity contribution is 7.88. The van der Waals surface area contributed by atoms with Crippen LogP contribution in [0.25, 0.3) is 0 Å². The Hall–Kier alpha value is -0.920. The molecule has 0 radical (unpaired) electrons. The van der Waals surface area contributed by atoms with Crippen LogP contribution in [0.1, 0.15) is 24.3 Å². The van der Waals surface area contributed by atoms with Gasteiger partial charge < -0.3 is 5.32 Å². The number of thiophene rings is 1. The molecule has 0 bridgehead atoms. The molecule has 0 saturated carbocycles. The Morgan fingerprint density at radius 2 is 2.24 bits per heavy atom. The number of carbonyl (C=O) groups is 1. The van der Waals surface area contributed by atoms with Gasteiger partial charge in [0.2, 0.25) is 15.9 Å². The van der Waals surface area contributed by atoms with E-state index in [1.54, 1.807) is 11.3 Å². The van der Waals surface area contributed by atoms with E-state index in [2.05, 4.69) is 10.0 Å². The minimum Gasteiger partial charge on any atom is -0.349 e. The van der Waals surface area contributed by atoms with Crippen molar-refractivity contribution in [1.29, 1.82) is 0 Å². The van der Waals surface area contributed by atoms with Gasteiger partial charge in [-0.25, -0.2) is 13.1 Å². The van der Waals surface area contributed by atoms with Gasteiger partial charge in [0.1, 0.15) is 0 Å². The van der Waals surface area contributed by atoms with E-state index >= 15 is 0 Å². The average Bonchev–Trinajstić information content (AvgIpc) is 2.67. The maximum Gasteiger partial charge on any atom is 0.221 e. The molecule has 5 nitrogen and oxygen atoms in total. The topological polar surface area (TPSA) is 75.3 Å². The molecule has 0 unspecified atom stereocenters. The Morgan fingerprint density at radius 3 is 2.76 bits per heavy atom. The molecule has 96 valence electrons. The summed E-state index contributed by atoms with van der Waals surface area (Å²) in [6.45, 7) is 2.02. The molecule has 1 aromatic rings. The van der Waals surface area contributed by atoms with Gasteiger partial charge in [0.25, 0.3) is 0 Å². The predicted octanol–water partition coefficient (Wildman–Crippen LogP) is 0.865. The quantitative estimate of drug-likeness (QED) is 0.809. The highest BCUT2D eigenvalue weighted by Gasteiger charge is 2.10. The van der Waals surface area contributed by atoms with E-state index in [4.69, 9.17) is 0 Å². The summed E-state index contributed by atoms with van der Waals surface area (Å²) in [5.74, 6) is -0.165. The molecule has 0 saturated heterocycles. The van der Waals surface area contributed by atoms with Gasteiger partial charge in [-0.05, 0) is 18.4 Å². The van der Waals surface area contributed by atoms with Crippen LogP contribution in [-0.4, -0.2) is 27.1 Å². The zero-order valence-corrected chi connectivity index (χ0v) is 11.4. The van der Waals surface area contributed by atoms with Crippen molar-refractivity contribution in [2.24, 2.45) is 0 Å². The molecule has 1 amide bonds. The third-order valence-electron chi connectivity index (χ3n) is 2.06. The lowest BCUT2D eigenvalue weighted by atomic mass is 10.2. The number of amides is 1. The molecular formula is C10H16N2O3S2. The lowest BCUT2D eigenvalue weighted by Gasteiger charge is -2.12. The van der Waals surface area contributed by atoms with Crippen LogP contribution in [0.2, 0.25) is 0 Å². The van der Waals surface area contributed by atoms with Crippen molar-refractivity contribution in [2.45, 2.75) is 19.4 Å². The van der Waals surface area contributed by atoms with Crippen molar-refractivity contribution in [3.63, 3.8) is 0 Å². The second kappa shape index (κ2) is 6.13. The van der Waals surface area contributed by atoms with Crippen LogP contribution in [0.3, 0.4) is 0 Å². The van der Waals surface area contributed by atoms with Gasteiger partial charge in [-0.1, -0.05) is 6.07 Å². The third kappa shape index (κ3) is 5.81. The number of sulfonamides is 1. The Balaban J connectivity index is 2.30. The van der Waals surface area contributed by atoms with Gasteiger partial charge in [-0.15, -0.1) is 11.3 Å². The van der Waals surface area contributed by atoms with E-state index < -0.39 is 10.0 Å². The Labute approximate surface area is 105 Å². The molecule has 7 heteroatoms. The van der Waals surface area contributed by atoms with Crippen molar-refractivity contribution in [3.05, 3.63) is 22.4 Å². The summed E-state index contributed by atoms with van der Waals surface area (Å²) in [7, 11) is -3.22. The van der Waals surface area contributed by atoms with Crippen LogP contribution in [0.15, 0.2) is 17.5 Å². The van der Waals surface area contributed by atoms with Crippen LogP contribution < -0.4 is 10.0 Å². The van der Waals surface area contributed by atoms with Crippen molar-refractivity contribution in [2.75, 3.05) is 12.8 Å². The monoisotopic (exact) mass is 276 g/mol. The van der Waals surface area contributed by atoms with Gasteiger partial charge in [0.15, 0.2) is 0 Å². The van der Waals surface area contributed by atoms with Gasteiger partial charge in [-0.2, -0.15) is 0 Å². The molecule has 1 rings (SSSR count). The van der Waals surface area contributed by atoms with Crippen molar-refractivity contribution >= 4 is 27.3 Å². The van der Waals surface area contributed by atoms with Gasteiger partial charge >= 0.3 is 0 Å². The van der Waals surface area contributed by atoms with E-state index in [1.807, 2.05) is 24.4 Å². The molecule has 1 aromatic heterocycles. The Morgan fingerprint density at radius 1 is 1.53 bits per heavy atom. The third-order valence-corrected chi connectivity index (χ3v) is 3.85. The average molecular weight is 276 g/mol. The van der Waals surface area contributed by atoms with Crippen LogP contribution in [0.5, 0.6) is 0 Å². The molecular weight excluding hydrogens is 260 g/mol. The zero-order valence-electron chi connectivity index (χ0n) is 9.76. The number of rotatable bonds is 6. The zero-order chi connectivity index (χ0) is 12.9. The first kappa shape index (κ1) is 14.1. The fourth-order valence-electron chi connectivity index (χ4n) is 1.27. The molecule has 0 aliphatic carbocycles. The summed E-state index contributed by atoms with van der Waals surface area (Å²) in [6, 6.07) is 3.83. The molecule has 0 spiro atoms. The SMILES string of the molecule is C[C@@H](NC(=O)CCNS(C)(=O)=O)c1cccs1. The molecule has 17 heavy (non-hydrogen) atoms. The summed E-state index contributed by atoms with van der Waals surface area (Å²) < 4.78 is 23.8. The molecule has 0 aliphatic rings. The summed E-state index contributed by atoms with van der Waals surface area (Å²) >= 11 is 1.57. The highest BCUT2D eigenvalue weighted by Crippen LogP contribution is 2.17. The fourth-order valence-corrected chi connectivity index (χ4v) is 2.48. The largest absolute Gasteiger partial charge is 0.349 e. The van der Waals surface area contributed by atoms with Gasteiger partial charge in [0.05, 0.1) is 12.3 Å². The van der Waals surface area contributed by atoms with Crippen molar-refractivity contribution in [3.8, 4) is 0 Å². The Bertz CT molecular complexity index is 454. The van der Waals surface area contributed by atoms with Gasteiger partial charge in [0, 0.05) is 17.8 Å². The predicted molar refractivity (Wildman–Crippen MR) is 68.3 cm³/mol. The number of hydrogen-bond acceptors (Lipinski definition) is 4. The number of hydrogen-bond donors (Lipinski definition) is 2. The van der Waals surface area contributed by atoms with Crippen LogP contribution >= 0.6 is 11.3 Å². The van der Waals surface area contributed by atoms with E-state index in [9.17, 15) is 13.2 Å².